The van der Waals surface area contributed by atoms with Crippen LogP contribution in [0.25, 0.3) is 0 Å². The third kappa shape index (κ3) is 2.48. The molecule has 1 unspecified atom stereocenters. The fourth-order valence-corrected chi connectivity index (χ4v) is 6.35. The van der Waals surface area contributed by atoms with Gasteiger partial charge in [-0.15, -0.1) is 0 Å². The van der Waals surface area contributed by atoms with Crippen LogP contribution in [0.5, 0.6) is 0 Å². The Bertz CT molecular complexity index is 1150. The van der Waals surface area contributed by atoms with Gasteiger partial charge < -0.3 is 0 Å². The highest BCUT2D eigenvalue weighted by Crippen LogP contribution is 2.52. The van der Waals surface area contributed by atoms with Crippen LogP contribution in [0, 0.1) is 0 Å². The topological polar surface area (TPSA) is 63.2 Å². The lowest BCUT2D eigenvalue weighted by atomic mass is 9.84. The van der Waals surface area contributed by atoms with E-state index in [1.54, 1.807) is 18.2 Å². The summed E-state index contributed by atoms with van der Waals surface area (Å²) in [5.74, 6) is 0. The number of fused-ring (bicyclic) bond motifs is 1. The first-order valence-corrected chi connectivity index (χ1v) is 11.0. The summed E-state index contributed by atoms with van der Waals surface area (Å²) in [6.07, 6.45) is 0. The first-order valence-electron chi connectivity index (χ1n) is 8.34. The molecule has 8 heteroatoms. The molecule has 1 aliphatic heterocycles. The molecule has 0 saturated heterocycles. The van der Waals surface area contributed by atoms with Crippen LogP contribution < -0.4 is 4.72 Å². The van der Waals surface area contributed by atoms with Crippen molar-refractivity contribution in [3.8, 4) is 0 Å². The molecule has 3 aromatic rings. The van der Waals surface area contributed by atoms with Crippen LogP contribution in [0.1, 0.15) is 11.1 Å². The summed E-state index contributed by atoms with van der Waals surface area (Å²) in [6, 6.07) is 20.0. The van der Waals surface area contributed by atoms with Crippen LogP contribution >= 0.6 is 0 Å². The van der Waals surface area contributed by atoms with Crippen LogP contribution in [0.3, 0.4) is 0 Å². The number of rotatable bonds is 4. The minimum atomic E-state index is -5.12. The van der Waals surface area contributed by atoms with Crippen LogP contribution in [0.2, 0.25) is 0 Å². The smallest absolute Gasteiger partial charge is 0.237 e. The SMILES string of the molecule is O=S1N[C@@](c2ccccc2)(C(F)(F)S(=O)(=O)c2ccccc2)c2ccccc21. The summed E-state index contributed by atoms with van der Waals surface area (Å²) in [5, 5.41) is -4.33. The van der Waals surface area contributed by atoms with Crippen LogP contribution in [-0.2, 0) is 26.4 Å². The van der Waals surface area contributed by atoms with Crippen molar-refractivity contribution >= 4 is 20.8 Å². The second-order valence-electron chi connectivity index (χ2n) is 6.32. The van der Waals surface area contributed by atoms with Gasteiger partial charge >= 0.3 is 5.25 Å². The highest BCUT2D eigenvalue weighted by molar-refractivity contribution is 7.92. The molecule has 0 saturated carbocycles. The average molecular weight is 419 g/mol. The lowest BCUT2D eigenvalue weighted by molar-refractivity contribution is 0.0166. The summed E-state index contributed by atoms with van der Waals surface area (Å²) in [7, 11) is -7.12. The van der Waals surface area contributed by atoms with Gasteiger partial charge in [0.25, 0.3) is 0 Å². The number of sulfone groups is 1. The summed E-state index contributed by atoms with van der Waals surface area (Å²) < 4.78 is 73.1. The summed E-state index contributed by atoms with van der Waals surface area (Å²) in [4.78, 5) is -0.374. The molecule has 144 valence electrons. The predicted molar refractivity (Wildman–Crippen MR) is 102 cm³/mol. The zero-order chi connectivity index (χ0) is 20.0. The van der Waals surface area contributed by atoms with Crippen molar-refractivity contribution in [1.29, 1.82) is 0 Å². The third-order valence-corrected chi connectivity index (χ3v) is 7.89. The molecule has 1 heterocycles. The molecule has 1 aliphatic rings. The molecule has 0 aromatic heterocycles. The normalized spacial score (nSPS) is 22.0. The van der Waals surface area contributed by atoms with Gasteiger partial charge in [-0.2, -0.15) is 8.78 Å². The van der Waals surface area contributed by atoms with Crippen molar-refractivity contribution in [3.63, 3.8) is 0 Å². The van der Waals surface area contributed by atoms with E-state index in [4.69, 9.17) is 0 Å². The number of hydrogen-bond acceptors (Lipinski definition) is 3. The lowest BCUT2D eigenvalue weighted by Gasteiger charge is -2.37. The van der Waals surface area contributed by atoms with Gasteiger partial charge in [-0.1, -0.05) is 66.7 Å². The third-order valence-electron chi connectivity index (χ3n) is 4.77. The first kappa shape index (κ1) is 18.9. The van der Waals surface area contributed by atoms with Gasteiger partial charge in [0, 0.05) is 5.56 Å². The Labute approximate surface area is 163 Å². The fourth-order valence-electron chi connectivity index (χ4n) is 3.42. The maximum absolute atomic E-state index is 16.0. The average Bonchev–Trinajstić information content (AvgIpc) is 3.03. The predicted octanol–water partition coefficient (Wildman–Crippen LogP) is 3.62. The van der Waals surface area contributed by atoms with Crippen LogP contribution in [-0.4, -0.2) is 17.9 Å². The maximum Gasteiger partial charge on any atom is 0.376 e. The molecule has 0 radical (unpaired) electrons. The number of nitrogens with one attached hydrogen (secondary N) is 1. The monoisotopic (exact) mass is 419 g/mol. The largest absolute Gasteiger partial charge is 0.376 e. The number of hydrogen-bond donors (Lipinski definition) is 1. The second kappa shape index (κ2) is 6.58. The van der Waals surface area contributed by atoms with Crippen LogP contribution in [0.4, 0.5) is 8.78 Å². The number of alkyl halides is 2. The molecular weight excluding hydrogens is 404 g/mol. The van der Waals surface area contributed by atoms with E-state index in [1.165, 1.54) is 54.6 Å². The number of halogens is 2. The van der Waals surface area contributed by atoms with Gasteiger partial charge in [-0.25, -0.2) is 17.3 Å². The Morgan fingerprint density at radius 1 is 0.821 bits per heavy atom. The van der Waals surface area contributed by atoms with Crippen molar-refractivity contribution in [3.05, 3.63) is 96.1 Å². The molecule has 0 amide bonds. The van der Waals surface area contributed by atoms with Gasteiger partial charge in [0.05, 0.1) is 9.79 Å². The van der Waals surface area contributed by atoms with E-state index in [9.17, 15) is 12.6 Å². The van der Waals surface area contributed by atoms with Gasteiger partial charge in [-0.3, -0.25) is 0 Å². The molecule has 1 N–H and O–H groups in total. The fraction of sp³-hybridized carbons (Fsp3) is 0.100. The Kier molecular flexibility index (Phi) is 4.45. The lowest BCUT2D eigenvalue weighted by Crippen LogP contribution is -2.57. The van der Waals surface area contributed by atoms with Gasteiger partial charge in [0.2, 0.25) is 9.84 Å². The molecule has 4 nitrogen and oxygen atoms in total. The summed E-state index contributed by atoms with van der Waals surface area (Å²) >= 11 is 0. The molecule has 4 rings (SSSR count). The van der Waals surface area contributed by atoms with Crippen molar-refractivity contribution in [2.24, 2.45) is 0 Å². The molecule has 28 heavy (non-hydrogen) atoms. The van der Waals surface area contributed by atoms with E-state index in [0.29, 0.717) is 0 Å². The van der Waals surface area contributed by atoms with E-state index in [0.717, 1.165) is 12.1 Å². The second-order valence-corrected chi connectivity index (χ2v) is 9.49. The molecule has 3 aromatic carbocycles. The Hall–Kier alpha value is -2.42. The standard InChI is InChI=1S/C20H15F2NO3S2/c21-20(22,28(25,26)16-11-5-2-6-12-16)19(15-9-3-1-4-10-15)17-13-7-8-14-18(17)27(24)23-19/h1-14,23H/t19-,27?/m1/s1. The molecule has 2 atom stereocenters. The minimum absolute atomic E-state index is 0.0119. The molecule has 0 aliphatic carbocycles. The zero-order valence-electron chi connectivity index (χ0n) is 14.4. The van der Waals surface area contributed by atoms with Crippen molar-refractivity contribution in [2.45, 2.75) is 20.6 Å². The Balaban J connectivity index is 2.06. The zero-order valence-corrected chi connectivity index (χ0v) is 16.0. The Morgan fingerprint density at radius 2 is 1.36 bits per heavy atom. The van der Waals surface area contributed by atoms with E-state index < -0.39 is 36.5 Å². The van der Waals surface area contributed by atoms with Gasteiger partial charge in [0.15, 0.2) is 5.54 Å². The van der Waals surface area contributed by atoms with E-state index >= 15 is 8.78 Å². The highest BCUT2D eigenvalue weighted by atomic mass is 32.2. The molecule has 0 fully saturated rings. The van der Waals surface area contributed by atoms with Gasteiger partial charge in [0.1, 0.15) is 11.0 Å². The van der Waals surface area contributed by atoms with Gasteiger partial charge in [-0.05, 0) is 23.8 Å². The quantitative estimate of drug-likeness (QED) is 0.703. The minimum Gasteiger partial charge on any atom is -0.237 e. The molecular formula is C20H15F2NO3S2. The van der Waals surface area contributed by atoms with Crippen LogP contribution in [0.15, 0.2) is 94.7 Å². The molecule has 0 spiro atoms. The summed E-state index contributed by atoms with van der Waals surface area (Å²) in [6.45, 7) is 0. The molecule has 0 bridgehead atoms. The number of benzene rings is 3. The first-order chi connectivity index (χ1) is 13.3. The summed E-state index contributed by atoms with van der Waals surface area (Å²) in [5.41, 5.74) is -2.51. The van der Waals surface area contributed by atoms with Crippen molar-refractivity contribution in [2.75, 3.05) is 0 Å². The van der Waals surface area contributed by atoms with E-state index in [1.807, 2.05) is 0 Å². The van der Waals surface area contributed by atoms with Crippen molar-refractivity contribution in [1.82, 2.24) is 4.72 Å². The van der Waals surface area contributed by atoms with E-state index in [-0.39, 0.29) is 16.0 Å². The maximum atomic E-state index is 16.0. The van der Waals surface area contributed by atoms with Crippen molar-refractivity contribution < 1.29 is 21.4 Å². The highest BCUT2D eigenvalue weighted by Gasteiger charge is 2.68. The Morgan fingerprint density at radius 3 is 2.00 bits per heavy atom. The van der Waals surface area contributed by atoms with E-state index in [2.05, 4.69) is 4.72 Å².